The van der Waals surface area contributed by atoms with E-state index in [-0.39, 0.29) is 17.0 Å². The van der Waals surface area contributed by atoms with Crippen LogP contribution in [-0.2, 0) is 9.53 Å². The molecule has 0 aliphatic rings. The quantitative estimate of drug-likeness (QED) is 0.491. The summed E-state index contributed by atoms with van der Waals surface area (Å²) in [5.74, 6) is -1.74. The van der Waals surface area contributed by atoms with E-state index < -0.39 is 17.8 Å². The Kier molecular flexibility index (Phi) is 7.90. The van der Waals surface area contributed by atoms with Crippen LogP contribution in [0.2, 0.25) is 0 Å². The first kappa shape index (κ1) is 21.6. The minimum atomic E-state index is -0.580. The summed E-state index contributed by atoms with van der Waals surface area (Å²) in [6.45, 7) is 2.01. The van der Waals surface area contributed by atoms with Gasteiger partial charge in [-0.2, -0.15) is 0 Å². The Morgan fingerprint density at radius 2 is 1.48 bits per heavy atom. The Balaban J connectivity index is 1.91. The van der Waals surface area contributed by atoms with E-state index in [0.29, 0.717) is 17.7 Å². The molecule has 0 heterocycles. The highest BCUT2D eigenvalue weighted by atomic mass is 16.5. The topological polar surface area (TPSA) is 114 Å². The fraction of sp³-hybridized carbons (Fsp3) is 0.238. The highest BCUT2D eigenvalue weighted by molar-refractivity contribution is 6.01. The van der Waals surface area contributed by atoms with E-state index in [0.717, 1.165) is 12.8 Å². The van der Waals surface area contributed by atoms with Crippen LogP contribution in [0.15, 0.2) is 48.5 Å². The summed E-state index contributed by atoms with van der Waals surface area (Å²) < 4.78 is 4.61. The lowest BCUT2D eigenvalue weighted by Gasteiger charge is -2.09. The van der Waals surface area contributed by atoms with Crippen LogP contribution in [0.4, 0.5) is 5.69 Å². The van der Waals surface area contributed by atoms with Crippen LogP contribution >= 0.6 is 0 Å². The number of anilines is 1. The Morgan fingerprint density at radius 3 is 2.10 bits per heavy atom. The minimum Gasteiger partial charge on any atom is -0.465 e. The molecule has 0 saturated heterocycles. The van der Waals surface area contributed by atoms with Gasteiger partial charge < -0.3 is 10.1 Å². The van der Waals surface area contributed by atoms with Crippen molar-refractivity contribution >= 4 is 29.4 Å². The van der Waals surface area contributed by atoms with Gasteiger partial charge in [-0.25, -0.2) is 4.79 Å². The van der Waals surface area contributed by atoms with E-state index in [1.807, 2.05) is 6.92 Å². The molecular formula is C21H23N3O5. The van der Waals surface area contributed by atoms with Crippen molar-refractivity contribution in [2.24, 2.45) is 0 Å². The maximum absolute atomic E-state index is 12.2. The molecule has 8 heteroatoms. The number of carbonyl (C=O) groups excluding carboxylic acids is 4. The normalized spacial score (nSPS) is 10.0. The molecule has 0 unspecified atom stereocenters. The van der Waals surface area contributed by atoms with Crippen LogP contribution in [0, 0.1) is 0 Å². The van der Waals surface area contributed by atoms with Crippen molar-refractivity contribution in [2.45, 2.75) is 26.2 Å². The predicted octanol–water partition coefficient (Wildman–Crippen LogP) is 2.68. The molecule has 3 amide bonds. The van der Waals surface area contributed by atoms with E-state index in [1.165, 1.54) is 43.5 Å². The lowest BCUT2D eigenvalue weighted by molar-refractivity contribution is -0.116. The first-order chi connectivity index (χ1) is 13.9. The molecule has 0 spiro atoms. The maximum Gasteiger partial charge on any atom is 0.337 e. The molecule has 0 aromatic heterocycles. The monoisotopic (exact) mass is 397 g/mol. The van der Waals surface area contributed by atoms with Crippen LogP contribution in [-0.4, -0.2) is 30.8 Å². The smallest absolute Gasteiger partial charge is 0.337 e. The summed E-state index contributed by atoms with van der Waals surface area (Å²) in [6, 6.07) is 12.2. The molecule has 8 nitrogen and oxygen atoms in total. The third-order valence-electron chi connectivity index (χ3n) is 4.02. The van der Waals surface area contributed by atoms with E-state index in [9.17, 15) is 19.2 Å². The van der Waals surface area contributed by atoms with Crippen LogP contribution in [0.25, 0.3) is 0 Å². The SMILES string of the molecule is CCCCC(=O)Nc1ccc(C(=O)NNC(=O)c2cccc(C(=O)OC)c2)cc1. The summed E-state index contributed by atoms with van der Waals surface area (Å²) in [6.07, 6.45) is 2.20. The van der Waals surface area contributed by atoms with Crippen LogP contribution in [0.3, 0.4) is 0 Å². The summed E-state index contributed by atoms with van der Waals surface area (Å²) >= 11 is 0. The lowest BCUT2D eigenvalue weighted by Crippen LogP contribution is -2.41. The molecule has 29 heavy (non-hydrogen) atoms. The average molecular weight is 397 g/mol. The molecule has 0 atom stereocenters. The van der Waals surface area contributed by atoms with Gasteiger partial charge in [0, 0.05) is 23.2 Å². The number of amides is 3. The molecule has 2 aromatic rings. The molecule has 0 fully saturated rings. The van der Waals surface area contributed by atoms with Crippen molar-refractivity contribution < 1.29 is 23.9 Å². The second-order valence-corrected chi connectivity index (χ2v) is 6.21. The fourth-order valence-corrected chi connectivity index (χ4v) is 2.43. The average Bonchev–Trinajstić information content (AvgIpc) is 2.75. The molecule has 0 bridgehead atoms. The van der Waals surface area contributed by atoms with Gasteiger partial charge in [0.1, 0.15) is 0 Å². The third-order valence-corrected chi connectivity index (χ3v) is 4.02. The van der Waals surface area contributed by atoms with Crippen molar-refractivity contribution in [1.82, 2.24) is 10.9 Å². The Hall–Kier alpha value is -3.68. The molecular weight excluding hydrogens is 374 g/mol. The lowest BCUT2D eigenvalue weighted by atomic mass is 10.1. The van der Waals surface area contributed by atoms with Crippen molar-refractivity contribution in [3.8, 4) is 0 Å². The second-order valence-electron chi connectivity index (χ2n) is 6.21. The van der Waals surface area contributed by atoms with Gasteiger partial charge >= 0.3 is 5.97 Å². The molecule has 0 aliphatic heterocycles. The number of hydrogen-bond donors (Lipinski definition) is 3. The van der Waals surface area contributed by atoms with E-state index in [2.05, 4.69) is 20.9 Å². The van der Waals surface area contributed by atoms with Gasteiger partial charge in [0.05, 0.1) is 12.7 Å². The van der Waals surface area contributed by atoms with Crippen molar-refractivity contribution in [1.29, 1.82) is 0 Å². The maximum atomic E-state index is 12.2. The van der Waals surface area contributed by atoms with Crippen molar-refractivity contribution in [2.75, 3.05) is 12.4 Å². The van der Waals surface area contributed by atoms with Crippen molar-refractivity contribution in [3.05, 3.63) is 65.2 Å². The van der Waals surface area contributed by atoms with Gasteiger partial charge in [-0.05, 0) is 48.9 Å². The molecule has 0 saturated carbocycles. The van der Waals surface area contributed by atoms with E-state index >= 15 is 0 Å². The zero-order valence-electron chi connectivity index (χ0n) is 16.3. The Labute approximate surface area is 168 Å². The van der Waals surface area contributed by atoms with Crippen LogP contribution in [0.1, 0.15) is 57.3 Å². The number of unbranched alkanes of at least 4 members (excludes halogenated alkanes) is 1. The van der Waals surface area contributed by atoms with E-state index in [1.54, 1.807) is 12.1 Å². The fourth-order valence-electron chi connectivity index (χ4n) is 2.43. The van der Waals surface area contributed by atoms with Crippen LogP contribution < -0.4 is 16.2 Å². The number of hydrogen-bond acceptors (Lipinski definition) is 5. The van der Waals surface area contributed by atoms with Crippen molar-refractivity contribution in [3.63, 3.8) is 0 Å². The number of esters is 1. The number of rotatable bonds is 7. The predicted molar refractivity (Wildman–Crippen MR) is 107 cm³/mol. The Morgan fingerprint density at radius 1 is 0.862 bits per heavy atom. The molecule has 2 aromatic carbocycles. The first-order valence-electron chi connectivity index (χ1n) is 9.13. The summed E-state index contributed by atoms with van der Waals surface area (Å²) in [7, 11) is 1.25. The first-order valence-corrected chi connectivity index (χ1v) is 9.13. The number of nitrogens with one attached hydrogen (secondary N) is 3. The minimum absolute atomic E-state index is 0.0782. The zero-order valence-corrected chi connectivity index (χ0v) is 16.3. The number of ether oxygens (including phenoxy) is 1. The molecule has 3 N–H and O–H groups in total. The molecule has 2 rings (SSSR count). The number of benzene rings is 2. The molecule has 0 radical (unpaired) electrons. The summed E-state index contributed by atoms with van der Waals surface area (Å²) in [4.78, 5) is 47.6. The van der Waals surface area contributed by atoms with Gasteiger partial charge in [0.25, 0.3) is 11.8 Å². The molecule has 0 aliphatic carbocycles. The van der Waals surface area contributed by atoms with Gasteiger partial charge in [0.15, 0.2) is 0 Å². The molecule has 152 valence electrons. The van der Waals surface area contributed by atoms with Gasteiger partial charge in [-0.1, -0.05) is 19.4 Å². The van der Waals surface area contributed by atoms with Gasteiger partial charge in [-0.15, -0.1) is 0 Å². The zero-order chi connectivity index (χ0) is 21.2. The summed E-state index contributed by atoms with van der Waals surface area (Å²) in [5.41, 5.74) is 5.91. The van der Waals surface area contributed by atoms with Gasteiger partial charge in [0.2, 0.25) is 5.91 Å². The highest BCUT2D eigenvalue weighted by Gasteiger charge is 2.12. The van der Waals surface area contributed by atoms with Gasteiger partial charge in [-0.3, -0.25) is 25.2 Å². The third kappa shape index (κ3) is 6.46. The number of carbonyl (C=O) groups is 4. The second kappa shape index (κ2) is 10.6. The number of hydrazine groups is 1. The largest absolute Gasteiger partial charge is 0.465 e. The van der Waals surface area contributed by atoms with Crippen LogP contribution in [0.5, 0.6) is 0 Å². The standard InChI is InChI=1S/C21H23N3O5/c1-3-4-8-18(25)22-17-11-9-14(10-12-17)19(26)23-24-20(27)15-6-5-7-16(13-15)21(28)29-2/h5-7,9-13H,3-4,8H2,1-2H3,(H,22,25)(H,23,26)(H,24,27). The van der Waals surface area contributed by atoms with E-state index in [4.69, 9.17) is 0 Å². The highest BCUT2D eigenvalue weighted by Crippen LogP contribution is 2.11. The number of methoxy groups -OCH3 is 1. The summed E-state index contributed by atoms with van der Waals surface area (Å²) in [5, 5.41) is 2.76. The Bertz CT molecular complexity index is 893.